The first kappa shape index (κ1) is 18.0. The Labute approximate surface area is 145 Å². The van der Waals surface area contributed by atoms with Crippen LogP contribution < -0.4 is 10.1 Å². The van der Waals surface area contributed by atoms with Crippen LogP contribution in [0.5, 0.6) is 5.75 Å². The fourth-order valence-corrected chi connectivity index (χ4v) is 3.07. The van der Waals surface area contributed by atoms with Gasteiger partial charge >= 0.3 is 5.97 Å². The average Bonchev–Trinajstić information content (AvgIpc) is 2.89. The maximum Gasteiger partial charge on any atom is 0.341 e. The SMILES string of the molecule is CCOC(=O)c1cc(C)sc1NC(=O)COc1cccc(C)c1C. The molecule has 0 spiro atoms. The van der Waals surface area contributed by atoms with E-state index in [-0.39, 0.29) is 19.1 Å². The number of nitrogens with one attached hydrogen (secondary N) is 1. The lowest BCUT2D eigenvalue weighted by molar-refractivity contribution is -0.118. The Kier molecular flexibility index (Phi) is 5.98. The van der Waals surface area contributed by atoms with Crippen molar-refractivity contribution in [1.29, 1.82) is 0 Å². The van der Waals surface area contributed by atoms with Crippen LogP contribution in [0.2, 0.25) is 0 Å². The fraction of sp³-hybridized carbons (Fsp3) is 0.333. The summed E-state index contributed by atoms with van der Waals surface area (Å²) in [5, 5.41) is 3.22. The van der Waals surface area contributed by atoms with Gasteiger partial charge in [-0.25, -0.2) is 4.79 Å². The third kappa shape index (κ3) is 4.35. The minimum atomic E-state index is -0.437. The molecular formula is C18H21NO4S. The second-order valence-electron chi connectivity index (χ2n) is 5.36. The molecule has 2 rings (SSSR count). The third-order valence-corrected chi connectivity index (χ3v) is 4.48. The van der Waals surface area contributed by atoms with Crippen molar-refractivity contribution in [2.24, 2.45) is 0 Å². The molecule has 0 unspecified atom stereocenters. The number of anilines is 1. The first-order valence-electron chi connectivity index (χ1n) is 7.68. The zero-order valence-electron chi connectivity index (χ0n) is 14.3. The summed E-state index contributed by atoms with van der Waals surface area (Å²) in [5.74, 6) is -0.0750. The lowest BCUT2D eigenvalue weighted by Crippen LogP contribution is -2.21. The molecule has 128 valence electrons. The molecule has 0 radical (unpaired) electrons. The Balaban J connectivity index is 2.02. The summed E-state index contributed by atoms with van der Waals surface area (Å²) in [5.41, 5.74) is 2.48. The number of ether oxygens (including phenoxy) is 2. The standard InChI is InChI=1S/C18H21NO4S/c1-5-22-18(21)14-9-12(3)24-17(14)19-16(20)10-23-15-8-6-7-11(2)13(15)4/h6-9H,5,10H2,1-4H3,(H,19,20). The maximum absolute atomic E-state index is 12.1. The molecule has 1 aromatic heterocycles. The van der Waals surface area contributed by atoms with Gasteiger partial charge in [-0.2, -0.15) is 0 Å². The molecule has 6 heteroatoms. The van der Waals surface area contributed by atoms with Gasteiger partial charge in [0, 0.05) is 4.88 Å². The third-order valence-electron chi connectivity index (χ3n) is 3.52. The van der Waals surface area contributed by atoms with Crippen molar-refractivity contribution >= 4 is 28.2 Å². The second-order valence-corrected chi connectivity index (χ2v) is 6.61. The number of thiophene rings is 1. The lowest BCUT2D eigenvalue weighted by Gasteiger charge is -2.11. The van der Waals surface area contributed by atoms with E-state index in [0.29, 0.717) is 16.3 Å². The van der Waals surface area contributed by atoms with E-state index < -0.39 is 5.97 Å². The lowest BCUT2D eigenvalue weighted by atomic mass is 10.1. The normalized spacial score (nSPS) is 10.3. The molecule has 0 saturated heterocycles. The molecule has 0 aliphatic rings. The quantitative estimate of drug-likeness (QED) is 0.806. The Morgan fingerprint density at radius 3 is 2.67 bits per heavy atom. The van der Waals surface area contributed by atoms with Crippen molar-refractivity contribution in [2.75, 3.05) is 18.5 Å². The number of carbonyl (C=O) groups is 2. The van der Waals surface area contributed by atoms with E-state index in [4.69, 9.17) is 9.47 Å². The van der Waals surface area contributed by atoms with Gasteiger partial charge in [-0.05, 0) is 51.0 Å². The number of carbonyl (C=O) groups excluding carboxylic acids is 2. The van der Waals surface area contributed by atoms with Gasteiger partial charge in [-0.1, -0.05) is 12.1 Å². The molecule has 5 nitrogen and oxygen atoms in total. The van der Waals surface area contributed by atoms with Gasteiger partial charge in [0.05, 0.1) is 12.2 Å². The van der Waals surface area contributed by atoms with Gasteiger partial charge < -0.3 is 14.8 Å². The summed E-state index contributed by atoms with van der Waals surface area (Å²) in [6, 6.07) is 7.41. The van der Waals surface area contributed by atoms with Crippen LogP contribution in [-0.2, 0) is 9.53 Å². The molecule has 0 aliphatic heterocycles. The molecule has 1 heterocycles. The monoisotopic (exact) mass is 347 g/mol. The van der Waals surface area contributed by atoms with Crippen molar-refractivity contribution in [3.05, 3.63) is 45.8 Å². The topological polar surface area (TPSA) is 64.6 Å². The summed E-state index contributed by atoms with van der Waals surface area (Å²) < 4.78 is 10.6. The summed E-state index contributed by atoms with van der Waals surface area (Å²) in [7, 11) is 0. The molecule has 0 aliphatic carbocycles. The first-order chi connectivity index (χ1) is 11.4. The van der Waals surface area contributed by atoms with Crippen molar-refractivity contribution in [3.63, 3.8) is 0 Å². The number of hydrogen-bond donors (Lipinski definition) is 1. The molecule has 0 atom stereocenters. The van der Waals surface area contributed by atoms with Gasteiger partial charge in [-0.15, -0.1) is 11.3 Å². The molecular weight excluding hydrogens is 326 g/mol. The van der Waals surface area contributed by atoms with Gasteiger partial charge in [0.2, 0.25) is 0 Å². The van der Waals surface area contributed by atoms with E-state index >= 15 is 0 Å². The van der Waals surface area contributed by atoms with Crippen LogP contribution in [0.15, 0.2) is 24.3 Å². The average molecular weight is 347 g/mol. The highest BCUT2D eigenvalue weighted by Gasteiger charge is 2.18. The highest BCUT2D eigenvalue weighted by atomic mass is 32.1. The van der Waals surface area contributed by atoms with E-state index in [1.54, 1.807) is 13.0 Å². The van der Waals surface area contributed by atoms with E-state index in [1.807, 2.05) is 39.0 Å². The summed E-state index contributed by atoms with van der Waals surface area (Å²) in [4.78, 5) is 25.0. The maximum atomic E-state index is 12.1. The highest BCUT2D eigenvalue weighted by Crippen LogP contribution is 2.28. The van der Waals surface area contributed by atoms with Crippen LogP contribution in [0.4, 0.5) is 5.00 Å². The second kappa shape index (κ2) is 7.97. The molecule has 1 N–H and O–H groups in total. The molecule has 0 bridgehead atoms. The fourth-order valence-electron chi connectivity index (χ4n) is 2.15. The number of rotatable bonds is 6. The van der Waals surface area contributed by atoms with Crippen LogP contribution in [0, 0.1) is 20.8 Å². The minimum Gasteiger partial charge on any atom is -0.483 e. The van der Waals surface area contributed by atoms with Crippen LogP contribution in [0.3, 0.4) is 0 Å². The number of amides is 1. The zero-order chi connectivity index (χ0) is 17.7. The number of hydrogen-bond acceptors (Lipinski definition) is 5. The van der Waals surface area contributed by atoms with E-state index in [1.165, 1.54) is 11.3 Å². The van der Waals surface area contributed by atoms with E-state index in [9.17, 15) is 9.59 Å². The Bertz CT molecular complexity index is 751. The van der Waals surface area contributed by atoms with Gasteiger partial charge in [-0.3, -0.25) is 4.79 Å². The smallest absolute Gasteiger partial charge is 0.341 e. The first-order valence-corrected chi connectivity index (χ1v) is 8.50. The molecule has 2 aromatic rings. The van der Waals surface area contributed by atoms with Crippen molar-refractivity contribution in [1.82, 2.24) is 0 Å². The molecule has 0 saturated carbocycles. The van der Waals surface area contributed by atoms with Crippen LogP contribution in [-0.4, -0.2) is 25.1 Å². The van der Waals surface area contributed by atoms with Crippen LogP contribution >= 0.6 is 11.3 Å². The Morgan fingerprint density at radius 2 is 1.96 bits per heavy atom. The highest BCUT2D eigenvalue weighted by molar-refractivity contribution is 7.16. The van der Waals surface area contributed by atoms with Gasteiger partial charge in [0.15, 0.2) is 6.61 Å². The van der Waals surface area contributed by atoms with E-state index in [0.717, 1.165) is 16.0 Å². The van der Waals surface area contributed by atoms with Gasteiger partial charge in [0.25, 0.3) is 5.91 Å². The Morgan fingerprint density at radius 1 is 1.21 bits per heavy atom. The van der Waals surface area contributed by atoms with Crippen molar-refractivity contribution in [2.45, 2.75) is 27.7 Å². The summed E-state index contributed by atoms with van der Waals surface area (Å²) >= 11 is 1.34. The van der Waals surface area contributed by atoms with Crippen LogP contribution in [0.1, 0.15) is 33.3 Å². The zero-order valence-corrected chi connectivity index (χ0v) is 15.1. The van der Waals surface area contributed by atoms with Crippen LogP contribution in [0.25, 0.3) is 0 Å². The minimum absolute atomic E-state index is 0.122. The summed E-state index contributed by atoms with van der Waals surface area (Å²) in [6.45, 7) is 7.72. The predicted molar refractivity (Wildman–Crippen MR) is 95.1 cm³/mol. The van der Waals surface area contributed by atoms with Crippen molar-refractivity contribution < 1.29 is 19.1 Å². The number of benzene rings is 1. The van der Waals surface area contributed by atoms with Crippen molar-refractivity contribution in [3.8, 4) is 5.75 Å². The van der Waals surface area contributed by atoms with E-state index in [2.05, 4.69) is 5.32 Å². The number of aryl methyl sites for hydroxylation is 2. The molecule has 1 aromatic carbocycles. The summed E-state index contributed by atoms with van der Waals surface area (Å²) in [6.07, 6.45) is 0. The molecule has 0 fully saturated rings. The largest absolute Gasteiger partial charge is 0.483 e. The molecule has 1 amide bonds. The van der Waals surface area contributed by atoms with Gasteiger partial charge in [0.1, 0.15) is 10.8 Å². The number of esters is 1. The Hall–Kier alpha value is -2.34. The predicted octanol–water partition coefficient (Wildman–Crippen LogP) is 3.87. The molecule has 24 heavy (non-hydrogen) atoms.